The summed E-state index contributed by atoms with van der Waals surface area (Å²) in [6.45, 7) is 0.347. The summed E-state index contributed by atoms with van der Waals surface area (Å²) < 4.78 is 32.5. The van der Waals surface area contributed by atoms with Crippen LogP contribution in [0.2, 0.25) is 0 Å². The number of para-hydroxylation sites is 1. The highest BCUT2D eigenvalue weighted by Crippen LogP contribution is 2.28. The number of carbonyl (C=O) groups is 1. The molecule has 0 saturated heterocycles. The summed E-state index contributed by atoms with van der Waals surface area (Å²) >= 11 is 0. The van der Waals surface area contributed by atoms with E-state index in [1.54, 1.807) is 25.3 Å². The van der Waals surface area contributed by atoms with Gasteiger partial charge in [0, 0.05) is 6.54 Å². The third-order valence-electron chi connectivity index (χ3n) is 3.74. The fourth-order valence-corrected chi connectivity index (χ4v) is 3.48. The van der Waals surface area contributed by atoms with Crippen LogP contribution in [-0.2, 0) is 21.4 Å². The van der Waals surface area contributed by atoms with Crippen molar-refractivity contribution in [2.45, 2.75) is 11.4 Å². The summed E-state index contributed by atoms with van der Waals surface area (Å²) in [7, 11) is -2.10. The molecule has 3 rings (SSSR count). The number of nitrogens with one attached hydrogen (secondary N) is 1. The predicted molar refractivity (Wildman–Crippen MR) is 94.3 cm³/mol. The summed E-state index contributed by atoms with van der Waals surface area (Å²) in [4.78, 5) is 13.8. The number of amides is 1. The number of carbonyl (C=O) groups excluding carboxylic acids is 1. The quantitative estimate of drug-likeness (QED) is 0.875. The smallest absolute Gasteiger partial charge is 0.285 e. The van der Waals surface area contributed by atoms with E-state index in [2.05, 4.69) is 9.71 Å². The highest BCUT2D eigenvalue weighted by molar-refractivity contribution is 7.90. The van der Waals surface area contributed by atoms with Crippen LogP contribution in [0.1, 0.15) is 5.56 Å². The highest BCUT2D eigenvalue weighted by atomic mass is 32.2. The Morgan fingerprint density at radius 2 is 1.88 bits per heavy atom. The molecule has 1 aliphatic rings. The molecular formula is C17H17N3O4S. The van der Waals surface area contributed by atoms with Crippen LogP contribution < -0.4 is 15.0 Å². The van der Waals surface area contributed by atoms with Crippen molar-refractivity contribution in [3.8, 4) is 5.75 Å². The lowest BCUT2D eigenvalue weighted by Gasteiger charge is -2.24. The first kappa shape index (κ1) is 17.0. The molecule has 0 fully saturated rings. The lowest BCUT2D eigenvalue weighted by molar-refractivity contribution is -0.119. The summed E-state index contributed by atoms with van der Waals surface area (Å²) in [5.41, 5.74) is 1.38. The average molecular weight is 359 g/mol. The van der Waals surface area contributed by atoms with E-state index in [1.165, 1.54) is 17.3 Å². The second-order valence-corrected chi connectivity index (χ2v) is 7.02. The van der Waals surface area contributed by atoms with Crippen molar-refractivity contribution in [3.63, 3.8) is 0 Å². The molecule has 2 aromatic carbocycles. The highest BCUT2D eigenvalue weighted by Gasteiger charge is 2.25. The minimum absolute atomic E-state index is 0.0216. The molecule has 0 saturated carbocycles. The Hall–Kier alpha value is -2.87. The van der Waals surface area contributed by atoms with Gasteiger partial charge in [-0.05, 0) is 29.8 Å². The summed E-state index contributed by atoms with van der Waals surface area (Å²) in [6.07, 6.45) is 1.17. The van der Waals surface area contributed by atoms with Gasteiger partial charge in [-0.1, -0.05) is 24.3 Å². The Labute approximate surface area is 146 Å². The first-order chi connectivity index (χ1) is 12.0. The van der Waals surface area contributed by atoms with Gasteiger partial charge in [0.15, 0.2) is 0 Å². The SMILES string of the molecule is COc1ccc(CNC(=O)CN2C=NS(=O)(=O)c3ccccc32)cc1. The molecule has 1 N–H and O–H groups in total. The second-order valence-electron chi connectivity index (χ2n) is 5.42. The number of hydrogen-bond acceptors (Lipinski definition) is 5. The van der Waals surface area contributed by atoms with Crippen LogP contribution >= 0.6 is 0 Å². The van der Waals surface area contributed by atoms with E-state index in [0.29, 0.717) is 12.2 Å². The van der Waals surface area contributed by atoms with E-state index in [4.69, 9.17) is 4.74 Å². The maximum Gasteiger partial charge on any atom is 0.285 e. The van der Waals surface area contributed by atoms with Crippen LogP contribution in [0.5, 0.6) is 5.75 Å². The molecule has 0 aromatic heterocycles. The Kier molecular flexibility index (Phi) is 4.71. The Balaban J connectivity index is 1.65. The largest absolute Gasteiger partial charge is 0.497 e. The van der Waals surface area contributed by atoms with E-state index in [-0.39, 0.29) is 17.3 Å². The monoisotopic (exact) mass is 359 g/mol. The number of methoxy groups -OCH3 is 1. The molecule has 1 amide bonds. The molecule has 1 heterocycles. The first-order valence-electron chi connectivity index (χ1n) is 7.55. The van der Waals surface area contributed by atoms with Gasteiger partial charge < -0.3 is 15.0 Å². The predicted octanol–water partition coefficient (Wildman–Crippen LogP) is 1.55. The van der Waals surface area contributed by atoms with Gasteiger partial charge in [0.25, 0.3) is 10.0 Å². The van der Waals surface area contributed by atoms with Gasteiger partial charge in [-0.25, -0.2) is 0 Å². The molecule has 0 radical (unpaired) electrons. The summed E-state index contributed by atoms with van der Waals surface area (Å²) in [6, 6.07) is 13.8. The second kappa shape index (κ2) is 6.94. The normalized spacial score (nSPS) is 14.7. The third kappa shape index (κ3) is 3.80. The van der Waals surface area contributed by atoms with Crippen molar-refractivity contribution in [2.75, 3.05) is 18.6 Å². The zero-order valence-corrected chi connectivity index (χ0v) is 14.4. The molecule has 0 spiro atoms. The number of sulfonamides is 1. The van der Waals surface area contributed by atoms with Gasteiger partial charge in [0.2, 0.25) is 5.91 Å². The number of fused-ring (bicyclic) bond motifs is 1. The fraction of sp³-hybridized carbons (Fsp3) is 0.176. The maximum absolute atomic E-state index is 12.2. The Morgan fingerprint density at radius 3 is 2.60 bits per heavy atom. The topological polar surface area (TPSA) is 88.1 Å². The van der Waals surface area contributed by atoms with Gasteiger partial charge in [-0.2, -0.15) is 8.42 Å². The van der Waals surface area contributed by atoms with E-state index < -0.39 is 10.0 Å². The lowest BCUT2D eigenvalue weighted by Crippen LogP contribution is -2.38. The Morgan fingerprint density at radius 1 is 1.16 bits per heavy atom. The van der Waals surface area contributed by atoms with Crippen LogP contribution in [0.25, 0.3) is 0 Å². The van der Waals surface area contributed by atoms with E-state index >= 15 is 0 Å². The number of hydrogen-bond donors (Lipinski definition) is 1. The number of nitrogens with zero attached hydrogens (tertiary/aromatic N) is 2. The van der Waals surface area contributed by atoms with Crippen molar-refractivity contribution in [1.29, 1.82) is 0 Å². The zero-order chi connectivity index (χ0) is 17.9. The summed E-state index contributed by atoms with van der Waals surface area (Å²) in [5.74, 6) is 0.508. The molecule has 130 valence electrons. The lowest BCUT2D eigenvalue weighted by atomic mass is 10.2. The fourth-order valence-electron chi connectivity index (χ4n) is 2.43. The van der Waals surface area contributed by atoms with Crippen molar-refractivity contribution >= 4 is 28.0 Å². The third-order valence-corrected chi connectivity index (χ3v) is 5.01. The first-order valence-corrected chi connectivity index (χ1v) is 8.99. The Bertz CT molecular complexity index is 908. The number of ether oxygens (including phenoxy) is 1. The minimum atomic E-state index is -3.69. The molecule has 0 unspecified atom stereocenters. The van der Waals surface area contributed by atoms with Gasteiger partial charge in [0.1, 0.15) is 23.5 Å². The van der Waals surface area contributed by atoms with E-state index in [9.17, 15) is 13.2 Å². The molecule has 1 aliphatic heterocycles. The average Bonchev–Trinajstić information content (AvgIpc) is 2.63. The standard InChI is InChI=1S/C17H17N3O4S/c1-24-14-8-6-13(7-9-14)10-18-17(21)11-20-12-19-25(22,23)16-5-3-2-4-15(16)20/h2-9,12H,10-11H2,1H3,(H,18,21). The van der Waals surface area contributed by atoms with Crippen LogP contribution in [0.4, 0.5) is 5.69 Å². The molecule has 2 aromatic rings. The number of rotatable bonds is 5. The van der Waals surface area contributed by atoms with Crippen LogP contribution in [0.15, 0.2) is 57.8 Å². The molecule has 0 bridgehead atoms. The molecular weight excluding hydrogens is 342 g/mol. The van der Waals surface area contributed by atoms with Crippen LogP contribution in [0.3, 0.4) is 0 Å². The molecule has 25 heavy (non-hydrogen) atoms. The summed E-state index contributed by atoms with van der Waals surface area (Å²) in [5, 5.41) is 2.80. The molecule has 8 heteroatoms. The number of anilines is 1. The molecule has 7 nitrogen and oxygen atoms in total. The van der Waals surface area contributed by atoms with Crippen LogP contribution in [-0.4, -0.2) is 34.3 Å². The van der Waals surface area contributed by atoms with Crippen molar-refractivity contribution in [3.05, 3.63) is 54.1 Å². The van der Waals surface area contributed by atoms with E-state index in [0.717, 1.165) is 11.3 Å². The van der Waals surface area contributed by atoms with Gasteiger partial charge in [-0.3, -0.25) is 4.79 Å². The van der Waals surface area contributed by atoms with Crippen molar-refractivity contribution in [1.82, 2.24) is 5.32 Å². The van der Waals surface area contributed by atoms with E-state index in [1.807, 2.05) is 24.3 Å². The minimum Gasteiger partial charge on any atom is -0.497 e. The van der Waals surface area contributed by atoms with Gasteiger partial charge >= 0.3 is 0 Å². The van der Waals surface area contributed by atoms with Crippen molar-refractivity contribution < 1.29 is 17.9 Å². The molecule has 0 aliphatic carbocycles. The van der Waals surface area contributed by atoms with Gasteiger partial charge in [0.05, 0.1) is 12.8 Å². The van der Waals surface area contributed by atoms with Crippen molar-refractivity contribution in [2.24, 2.45) is 4.40 Å². The van der Waals surface area contributed by atoms with Crippen LogP contribution in [0, 0.1) is 0 Å². The maximum atomic E-state index is 12.2. The number of benzene rings is 2. The molecule has 0 atom stereocenters. The zero-order valence-electron chi connectivity index (χ0n) is 13.5. The van der Waals surface area contributed by atoms with Gasteiger partial charge in [-0.15, -0.1) is 4.40 Å².